The maximum Gasteiger partial charge on any atom is 0.335 e. The first kappa shape index (κ1) is 18.9. The second-order valence-corrected chi connectivity index (χ2v) is 6.93. The lowest BCUT2D eigenvalue weighted by Gasteiger charge is -2.09. The van der Waals surface area contributed by atoms with Crippen LogP contribution in [0, 0.1) is 6.92 Å². The van der Waals surface area contributed by atoms with Crippen LogP contribution in [0.15, 0.2) is 76.2 Å². The number of carboxylic acids is 1. The van der Waals surface area contributed by atoms with Gasteiger partial charge < -0.3 is 9.84 Å². The van der Waals surface area contributed by atoms with Crippen LogP contribution >= 0.6 is 15.9 Å². The summed E-state index contributed by atoms with van der Waals surface area (Å²) in [5.74, 6) is -0.217. The van der Waals surface area contributed by atoms with Crippen molar-refractivity contribution in [3.63, 3.8) is 0 Å². The van der Waals surface area contributed by atoms with Gasteiger partial charge in [-0.2, -0.15) is 0 Å². The number of rotatable bonds is 6. The van der Waals surface area contributed by atoms with Crippen molar-refractivity contribution in [3.8, 4) is 5.75 Å². The smallest absolute Gasteiger partial charge is 0.335 e. The number of nitrogens with zero attached hydrogens (tertiary/aromatic N) is 1. The first-order valence-electron chi connectivity index (χ1n) is 8.37. The number of carboxylic acid groups (broad SMARTS) is 1. The van der Waals surface area contributed by atoms with E-state index in [4.69, 9.17) is 9.84 Å². The standard InChI is InChI=1S/C22H18BrNO3/c1-15-12-19(23)10-11-20(15)24-13-18-4-2-3-5-21(18)27-14-16-6-8-17(9-7-16)22(25)26/h2-13H,14H2,1H3,(H,25,26). The summed E-state index contributed by atoms with van der Waals surface area (Å²) in [7, 11) is 0. The quantitative estimate of drug-likeness (QED) is 0.510. The third kappa shape index (κ3) is 5.05. The number of aliphatic imine (C=N–C) groups is 1. The van der Waals surface area contributed by atoms with E-state index < -0.39 is 5.97 Å². The summed E-state index contributed by atoms with van der Waals surface area (Å²) >= 11 is 3.45. The predicted octanol–water partition coefficient (Wildman–Crippen LogP) is 5.79. The van der Waals surface area contributed by atoms with Crippen molar-refractivity contribution in [2.75, 3.05) is 0 Å². The molecule has 0 aromatic heterocycles. The molecule has 5 heteroatoms. The van der Waals surface area contributed by atoms with Crippen LogP contribution in [0.25, 0.3) is 0 Å². The summed E-state index contributed by atoms with van der Waals surface area (Å²) in [5, 5.41) is 8.96. The van der Waals surface area contributed by atoms with Crippen molar-refractivity contribution in [1.29, 1.82) is 0 Å². The monoisotopic (exact) mass is 423 g/mol. The van der Waals surface area contributed by atoms with Crippen LogP contribution in [-0.4, -0.2) is 17.3 Å². The van der Waals surface area contributed by atoms with Crippen LogP contribution < -0.4 is 4.74 Å². The van der Waals surface area contributed by atoms with Crippen LogP contribution in [0.1, 0.15) is 27.0 Å². The Hall–Kier alpha value is -2.92. The van der Waals surface area contributed by atoms with Crippen LogP contribution in [0.4, 0.5) is 5.69 Å². The Morgan fingerprint density at radius 3 is 2.56 bits per heavy atom. The van der Waals surface area contributed by atoms with Gasteiger partial charge in [-0.3, -0.25) is 4.99 Å². The molecular weight excluding hydrogens is 406 g/mol. The van der Waals surface area contributed by atoms with Crippen molar-refractivity contribution < 1.29 is 14.6 Å². The minimum absolute atomic E-state index is 0.260. The average molecular weight is 424 g/mol. The molecule has 0 unspecified atom stereocenters. The second-order valence-electron chi connectivity index (χ2n) is 6.02. The molecular formula is C22H18BrNO3. The molecule has 0 atom stereocenters. The molecule has 0 bridgehead atoms. The Labute approximate surface area is 166 Å². The van der Waals surface area contributed by atoms with Crippen LogP contribution in [-0.2, 0) is 6.61 Å². The van der Waals surface area contributed by atoms with Gasteiger partial charge in [0.1, 0.15) is 12.4 Å². The molecule has 0 radical (unpaired) electrons. The molecule has 3 aromatic rings. The molecule has 3 rings (SSSR count). The lowest BCUT2D eigenvalue weighted by atomic mass is 10.1. The van der Waals surface area contributed by atoms with E-state index in [0.29, 0.717) is 6.61 Å². The Bertz CT molecular complexity index is 981. The van der Waals surface area contributed by atoms with E-state index in [9.17, 15) is 4.79 Å². The van der Waals surface area contributed by atoms with E-state index in [-0.39, 0.29) is 5.56 Å². The maximum atomic E-state index is 10.9. The summed E-state index contributed by atoms with van der Waals surface area (Å²) in [5.41, 5.74) is 4.02. The van der Waals surface area contributed by atoms with E-state index in [0.717, 1.165) is 32.6 Å². The van der Waals surface area contributed by atoms with E-state index in [2.05, 4.69) is 20.9 Å². The highest BCUT2D eigenvalue weighted by Gasteiger charge is 2.05. The molecule has 136 valence electrons. The molecule has 0 amide bonds. The summed E-state index contributed by atoms with van der Waals surface area (Å²) < 4.78 is 6.94. The number of hydrogen-bond donors (Lipinski definition) is 1. The van der Waals surface area contributed by atoms with Gasteiger partial charge in [0, 0.05) is 16.3 Å². The fourth-order valence-corrected chi connectivity index (χ4v) is 3.00. The van der Waals surface area contributed by atoms with Gasteiger partial charge >= 0.3 is 5.97 Å². The minimum atomic E-state index is -0.938. The van der Waals surface area contributed by atoms with Gasteiger partial charge in [-0.05, 0) is 60.5 Å². The average Bonchev–Trinajstić information content (AvgIpc) is 2.66. The maximum absolute atomic E-state index is 10.9. The largest absolute Gasteiger partial charge is 0.488 e. The van der Waals surface area contributed by atoms with Gasteiger partial charge in [0.15, 0.2) is 0 Å². The van der Waals surface area contributed by atoms with Crippen molar-refractivity contribution in [3.05, 3.63) is 93.5 Å². The fraction of sp³-hybridized carbons (Fsp3) is 0.0909. The Balaban J connectivity index is 1.73. The SMILES string of the molecule is Cc1cc(Br)ccc1N=Cc1ccccc1OCc1ccc(C(=O)O)cc1. The zero-order chi connectivity index (χ0) is 19.2. The number of carbonyl (C=O) groups is 1. The zero-order valence-electron chi connectivity index (χ0n) is 14.7. The molecule has 0 saturated carbocycles. The Morgan fingerprint density at radius 1 is 1.11 bits per heavy atom. The summed E-state index contributed by atoms with van der Waals surface area (Å²) in [6.45, 7) is 2.36. The van der Waals surface area contributed by atoms with Gasteiger partial charge in [-0.1, -0.05) is 40.2 Å². The fourth-order valence-electron chi connectivity index (χ4n) is 2.53. The molecule has 1 N–H and O–H groups in total. The number of para-hydroxylation sites is 1. The number of aryl methyl sites for hydroxylation is 1. The van der Waals surface area contributed by atoms with Crippen LogP contribution in [0.3, 0.4) is 0 Å². The molecule has 4 nitrogen and oxygen atoms in total. The molecule has 0 fully saturated rings. The highest BCUT2D eigenvalue weighted by atomic mass is 79.9. The minimum Gasteiger partial charge on any atom is -0.488 e. The first-order chi connectivity index (χ1) is 13.0. The summed E-state index contributed by atoms with van der Waals surface area (Å²) in [6.07, 6.45) is 1.79. The lowest BCUT2D eigenvalue weighted by Crippen LogP contribution is -2.00. The number of halogens is 1. The molecule has 0 spiro atoms. The Kier molecular flexibility index (Phi) is 6.04. The summed E-state index contributed by atoms with van der Waals surface area (Å²) in [6, 6.07) is 20.3. The normalized spacial score (nSPS) is 10.9. The number of ether oxygens (including phenoxy) is 1. The van der Waals surface area contributed by atoms with E-state index in [1.54, 1.807) is 30.5 Å². The highest BCUT2D eigenvalue weighted by molar-refractivity contribution is 9.10. The number of benzene rings is 3. The van der Waals surface area contributed by atoms with E-state index in [1.807, 2.05) is 49.4 Å². The van der Waals surface area contributed by atoms with Crippen molar-refractivity contribution in [2.45, 2.75) is 13.5 Å². The molecule has 3 aromatic carbocycles. The second kappa shape index (κ2) is 8.64. The lowest BCUT2D eigenvalue weighted by molar-refractivity contribution is 0.0697. The van der Waals surface area contributed by atoms with Gasteiger partial charge in [0.2, 0.25) is 0 Å². The van der Waals surface area contributed by atoms with E-state index >= 15 is 0 Å². The number of aromatic carboxylic acids is 1. The number of hydrogen-bond acceptors (Lipinski definition) is 3. The van der Waals surface area contributed by atoms with Gasteiger partial charge in [0.25, 0.3) is 0 Å². The van der Waals surface area contributed by atoms with Crippen molar-refractivity contribution >= 4 is 33.8 Å². The van der Waals surface area contributed by atoms with Crippen LogP contribution in [0.5, 0.6) is 5.75 Å². The molecule has 0 aliphatic heterocycles. The topological polar surface area (TPSA) is 58.9 Å². The Morgan fingerprint density at radius 2 is 1.85 bits per heavy atom. The van der Waals surface area contributed by atoms with Crippen molar-refractivity contribution in [2.24, 2.45) is 4.99 Å². The molecule has 0 heterocycles. The summed E-state index contributed by atoms with van der Waals surface area (Å²) in [4.78, 5) is 15.5. The van der Waals surface area contributed by atoms with Gasteiger partial charge in [0.05, 0.1) is 11.3 Å². The van der Waals surface area contributed by atoms with Gasteiger partial charge in [-0.15, -0.1) is 0 Å². The highest BCUT2D eigenvalue weighted by Crippen LogP contribution is 2.24. The molecule has 0 saturated heterocycles. The van der Waals surface area contributed by atoms with Crippen molar-refractivity contribution in [1.82, 2.24) is 0 Å². The molecule has 0 aliphatic carbocycles. The van der Waals surface area contributed by atoms with Crippen LogP contribution in [0.2, 0.25) is 0 Å². The van der Waals surface area contributed by atoms with E-state index in [1.165, 1.54) is 0 Å². The molecule has 0 aliphatic rings. The van der Waals surface area contributed by atoms with Gasteiger partial charge in [-0.25, -0.2) is 4.79 Å². The molecule has 27 heavy (non-hydrogen) atoms. The predicted molar refractivity (Wildman–Crippen MR) is 110 cm³/mol. The third-order valence-corrected chi connectivity index (χ3v) is 4.51. The third-order valence-electron chi connectivity index (χ3n) is 4.02. The zero-order valence-corrected chi connectivity index (χ0v) is 16.3. The first-order valence-corrected chi connectivity index (χ1v) is 9.16.